The maximum atomic E-state index is 10.5. The number of carboxylic acid groups (broad SMARTS) is 1. The van der Waals surface area contributed by atoms with E-state index < -0.39 is 12.0 Å². The molecule has 0 spiro atoms. The second-order valence-electron chi connectivity index (χ2n) is 2.31. The van der Waals surface area contributed by atoms with Crippen LogP contribution >= 0.6 is 22.9 Å². The fourth-order valence-electron chi connectivity index (χ4n) is 0.633. The Hall–Kier alpha value is 0.160. The number of aliphatic carboxylic acids is 1. The van der Waals surface area contributed by atoms with Gasteiger partial charge in [0, 0.05) is 22.9 Å². The van der Waals surface area contributed by atoms with Crippen LogP contribution in [0.5, 0.6) is 0 Å². The summed E-state index contributed by atoms with van der Waals surface area (Å²) in [5, 5.41) is 8.61. The minimum absolute atomic E-state index is 0.189. The molecule has 60 valence electrons. The van der Waals surface area contributed by atoms with Crippen LogP contribution in [-0.2, 0) is 4.79 Å². The Labute approximate surface area is 74.7 Å². The molecule has 10 heavy (non-hydrogen) atoms. The van der Waals surface area contributed by atoms with Crippen LogP contribution < -0.4 is 3.53 Å². The lowest BCUT2D eigenvalue weighted by Gasteiger charge is -2.15. The summed E-state index contributed by atoms with van der Waals surface area (Å²) < 4.78 is 2.72. The van der Waals surface area contributed by atoms with Crippen molar-refractivity contribution in [3.63, 3.8) is 0 Å². The van der Waals surface area contributed by atoms with E-state index in [2.05, 4.69) is 3.53 Å². The highest BCUT2D eigenvalue weighted by Crippen LogP contribution is 2.08. The minimum atomic E-state index is -0.774. The Balaban J connectivity index is 3.92. The molecule has 3 nitrogen and oxygen atoms in total. The largest absolute Gasteiger partial charge is 0.480 e. The molecule has 0 unspecified atom stereocenters. The maximum Gasteiger partial charge on any atom is 0.321 e. The van der Waals surface area contributed by atoms with Crippen LogP contribution in [0.1, 0.15) is 20.3 Å². The third kappa shape index (κ3) is 2.83. The summed E-state index contributed by atoms with van der Waals surface area (Å²) in [4.78, 5) is 10.5. The summed E-state index contributed by atoms with van der Waals surface area (Å²) in [6.45, 7) is 3.90. The van der Waals surface area contributed by atoms with E-state index in [-0.39, 0.29) is 5.92 Å². The van der Waals surface area contributed by atoms with Crippen LogP contribution in [0, 0.1) is 5.92 Å². The summed E-state index contributed by atoms with van der Waals surface area (Å²) in [5.74, 6) is -0.585. The van der Waals surface area contributed by atoms with Crippen LogP contribution in [0.2, 0.25) is 0 Å². The average Bonchev–Trinajstić information content (AvgIpc) is 1.88. The van der Waals surface area contributed by atoms with Crippen molar-refractivity contribution < 1.29 is 9.90 Å². The van der Waals surface area contributed by atoms with Gasteiger partial charge in [-0.3, -0.25) is 4.79 Å². The van der Waals surface area contributed by atoms with E-state index in [1.807, 2.05) is 36.7 Å². The molecule has 0 aliphatic rings. The van der Waals surface area contributed by atoms with Crippen molar-refractivity contribution in [1.82, 2.24) is 3.53 Å². The molecule has 0 aliphatic heterocycles. The summed E-state index contributed by atoms with van der Waals surface area (Å²) in [6.07, 6.45) is 0.882. The van der Waals surface area contributed by atoms with Crippen molar-refractivity contribution in [2.24, 2.45) is 5.92 Å². The van der Waals surface area contributed by atoms with Gasteiger partial charge in [-0.05, 0) is 5.92 Å². The highest BCUT2D eigenvalue weighted by atomic mass is 127. The molecule has 2 atom stereocenters. The van der Waals surface area contributed by atoms with Crippen molar-refractivity contribution in [3.05, 3.63) is 0 Å². The highest BCUT2D eigenvalue weighted by Gasteiger charge is 2.21. The first-order valence-electron chi connectivity index (χ1n) is 3.22. The van der Waals surface area contributed by atoms with Crippen LogP contribution in [0.4, 0.5) is 0 Å². The number of hydrogen-bond donors (Lipinski definition) is 2. The van der Waals surface area contributed by atoms with Crippen molar-refractivity contribution in [2.45, 2.75) is 26.3 Å². The van der Waals surface area contributed by atoms with Gasteiger partial charge in [0.05, 0.1) is 0 Å². The normalized spacial score (nSPS) is 16.3. The molecule has 0 aromatic rings. The average molecular weight is 257 g/mol. The van der Waals surface area contributed by atoms with Crippen molar-refractivity contribution in [2.75, 3.05) is 0 Å². The first-order chi connectivity index (χ1) is 4.63. The van der Waals surface area contributed by atoms with Crippen LogP contribution in [0.15, 0.2) is 0 Å². The zero-order chi connectivity index (χ0) is 8.15. The van der Waals surface area contributed by atoms with E-state index in [4.69, 9.17) is 5.11 Å². The second kappa shape index (κ2) is 4.90. The van der Waals surface area contributed by atoms with Gasteiger partial charge in [-0.15, -0.1) is 0 Å². The fourth-order valence-corrected chi connectivity index (χ4v) is 1.51. The van der Waals surface area contributed by atoms with E-state index in [9.17, 15) is 4.79 Å². The maximum absolute atomic E-state index is 10.5. The Morgan fingerprint density at radius 2 is 2.30 bits per heavy atom. The van der Waals surface area contributed by atoms with Gasteiger partial charge in [0.2, 0.25) is 0 Å². The molecule has 0 rings (SSSR count). The van der Waals surface area contributed by atoms with Crippen molar-refractivity contribution in [1.29, 1.82) is 0 Å². The van der Waals surface area contributed by atoms with Crippen LogP contribution in [0.25, 0.3) is 0 Å². The molecular formula is C6H12INO2. The monoisotopic (exact) mass is 257 g/mol. The van der Waals surface area contributed by atoms with Crippen LogP contribution in [0.3, 0.4) is 0 Å². The molecule has 0 fully saturated rings. The fraction of sp³-hybridized carbons (Fsp3) is 0.833. The molecule has 0 radical (unpaired) electrons. The SMILES string of the molecule is CC[C@@H](C)[C@H](NI)C(=O)O. The lowest BCUT2D eigenvalue weighted by Crippen LogP contribution is -2.36. The van der Waals surface area contributed by atoms with Gasteiger partial charge in [0.25, 0.3) is 0 Å². The number of hydrogen-bond acceptors (Lipinski definition) is 2. The standard InChI is InChI=1S/C6H12INO2/c1-3-4(2)5(8-7)6(9)10/h4-5,8H,3H2,1-2H3,(H,9,10)/t4-,5+/m1/s1. The summed E-state index contributed by atoms with van der Waals surface area (Å²) in [6, 6.07) is -0.411. The molecule has 0 aromatic carbocycles. The summed E-state index contributed by atoms with van der Waals surface area (Å²) >= 11 is 1.87. The predicted octanol–water partition coefficient (Wildman–Crippen LogP) is 1.43. The molecule has 0 heterocycles. The Bertz CT molecular complexity index is 118. The van der Waals surface area contributed by atoms with Gasteiger partial charge in [-0.25, -0.2) is 3.53 Å². The molecule has 4 heteroatoms. The van der Waals surface area contributed by atoms with E-state index in [0.29, 0.717) is 0 Å². The number of rotatable bonds is 4. The molecule has 0 saturated heterocycles. The predicted molar refractivity (Wildman–Crippen MR) is 48.0 cm³/mol. The summed E-state index contributed by atoms with van der Waals surface area (Å²) in [5.41, 5.74) is 0. The van der Waals surface area contributed by atoms with E-state index in [1.165, 1.54) is 0 Å². The Morgan fingerprint density at radius 3 is 2.40 bits per heavy atom. The highest BCUT2D eigenvalue weighted by molar-refractivity contribution is 14.1. The van der Waals surface area contributed by atoms with Crippen LogP contribution in [-0.4, -0.2) is 17.1 Å². The number of carbonyl (C=O) groups is 1. The van der Waals surface area contributed by atoms with Gasteiger partial charge in [-0.1, -0.05) is 20.3 Å². The second-order valence-corrected chi connectivity index (χ2v) is 2.93. The van der Waals surface area contributed by atoms with E-state index in [1.54, 1.807) is 0 Å². The van der Waals surface area contributed by atoms with E-state index >= 15 is 0 Å². The van der Waals surface area contributed by atoms with Gasteiger partial charge in [0.1, 0.15) is 6.04 Å². The first-order valence-corrected chi connectivity index (χ1v) is 4.30. The quantitative estimate of drug-likeness (QED) is 0.591. The van der Waals surface area contributed by atoms with Gasteiger partial charge in [0.15, 0.2) is 0 Å². The van der Waals surface area contributed by atoms with Crippen molar-refractivity contribution in [3.8, 4) is 0 Å². The van der Waals surface area contributed by atoms with Gasteiger partial charge in [-0.2, -0.15) is 0 Å². The lowest BCUT2D eigenvalue weighted by molar-refractivity contribution is -0.140. The smallest absolute Gasteiger partial charge is 0.321 e. The number of nitrogens with one attached hydrogen (secondary N) is 1. The number of halogens is 1. The van der Waals surface area contributed by atoms with Crippen molar-refractivity contribution >= 4 is 28.8 Å². The third-order valence-corrected chi connectivity index (χ3v) is 2.27. The molecule has 0 saturated carbocycles. The molecule has 0 aliphatic carbocycles. The topological polar surface area (TPSA) is 49.3 Å². The molecule has 0 amide bonds. The first kappa shape index (κ1) is 10.2. The summed E-state index contributed by atoms with van der Waals surface area (Å²) in [7, 11) is 0. The molecule has 2 N–H and O–H groups in total. The number of carboxylic acids is 1. The third-order valence-electron chi connectivity index (χ3n) is 1.60. The van der Waals surface area contributed by atoms with Gasteiger partial charge >= 0.3 is 5.97 Å². The Morgan fingerprint density at radius 1 is 1.80 bits per heavy atom. The lowest BCUT2D eigenvalue weighted by atomic mass is 10.0. The minimum Gasteiger partial charge on any atom is -0.480 e. The molecule has 0 bridgehead atoms. The van der Waals surface area contributed by atoms with Gasteiger partial charge < -0.3 is 5.11 Å². The Kier molecular flexibility index (Phi) is 4.98. The zero-order valence-electron chi connectivity index (χ0n) is 6.10. The van der Waals surface area contributed by atoms with E-state index in [0.717, 1.165) is 6.42 Å². The zero-order valence-corrected chi connectivity index (χ0v) is 8.25. The molecular weight excluding hydrogens is 245 g/mol. The molecule has 0 aromatic heterocycles.